The number of aromatic nitrogens is 2. The predicted octanol–water partition coefficient (Wildman–Crippen LogP) is 2.14. The van der Waals surface area contributed by atoms with Gasteiger partial charge in [-0.1, -0.05) is 32.1 Å². The Morgan fingerprint density at radius 3 is 2.79 bits per heavy atom. The number of imidazole rings is 1. The highest BCUT2D eigenvalue weighted by Crippen LogP contribution is 2.28. The standard InChI is InChI=1S/C21H35N5O2/c22-18(13-16-7-2-1-3-8-16)21(28)26-12-6-10-19(26)20(27)24-11-5-4-9-17-14-23-15-25-17/h14-16,18-19H,1-13,22H2,(H,23,25)(H,24,27)/t18-,19+/m1/s1. The maximum atomic E-state index is 12.9. The van der Waals surface area contributed by atoms with Crippen LogP contribution < -0.4 is 11.1 Å². The molecule has 2 fully saturated rings. The van der Waals surface area contributed by atoms with Crippen LogP contribution in [-0.4, -0.2) is 51.9 Å². The summed E-state index contributed by atoms with van der Waals surface area (Å²) >= 11 is 0. The number of aromatic amines is 1. The SMILES string of the molecule is N[C@H](CC1CCCCC1)C(=O)N1CCC[C@H]1C(=O)NCCCCc1cnc[nH]1. The topological polar surface area (TPSA) is 104 Å². The Hall–Kier alpha value is -1.89. The fraction of sp³-hybridized carbons (Fsp3) is 0.762. The summed E-state index contributed by atoms with van der Waals surface area (Å²) in [5.74, 6) is 0.497. The first-order valence-corrected chi connectivity index (χ1v) is 11.0. The van der Waals surface area contributed by atoms with Crippen LogP contribution >= 0.6 is 0 Å². The molecule has 2 aliphatic rings. The van der Waals surface area contributed by atoms with E-state index in [1.54, 1.807) is 11.2 Å². The minimum absolute atomic E-state index is 0.0303. The number of amides is 2. The first-order valence-electron chi connectivity index (χ1n) is 11.0. The van der Waals surface area contributed by atoms with Gasteiger partial charge >= 0.3 is 0 Å². The lowest BCUT2D eigenvalue weighted by Crippen LogP contribution is -2.51. The first-order chi connectivity index (χ1) is 13.6. The van der Waals surface area contributed by atoms with Crippen molar-refractivity contribution in [2.75, 3.05) is 13.1 Å². The smallest absolute Gasteiger partial charge is 0.242 e. The average molecular weight is 390 g/mol. The number of carbonyl (C=O) groups excluding carboxylic acids is 2. The van der Waals surface area contributed by atoms with Crippen LogP contribution in [0.5, 0.6) is 0 Å². The number of nitrogens with one attached hydrogen (secondary N) is 2. The number of unbranched alkanes of at least 4 members (excludes halogenated alkanes) is 1. The Kier molecular flexibility index (Phi) is 7.89. The molecule has 1 aliphatic carbocycles. The highest BCUT2D eigenvalue weighted by Gasteiger charge is 2.36. The molecule has 156 valence electrons. The number of H-pyrrole nitrogens is 1. The summed E-state index contributed by atoms with van der Waals surface area (Å²) in [4.78, 5) is 34.3. The molecular weight excluding hydrogens is 354 g/mol. The van der Waals surface area contributed by atoms with Gasteiger partial charge in [0.1, 0.15) is 6.04 Å². The van der Waals surface area contributed by atoms with Crippen LogP contribution in [0.25, 0.3) is 0 Å². The summed E-state index contributed by atoms with van der Waals surface area (Å²) < 4.78 is 0. The van der Waals surface area contributed by atoms with Gasteiger partial charge in [0, 0.05) is 25.0 Å². The van der Waals surface area contributed by atoms with Gasteiger partial charge < -0.3 is 20.9 Å². The molecule has 3 rings (SSSR count). The Morgan fingerprint density at radius 2 is 2.04 bits per heavy atom. The lowest BCUT2D eigenvalue weighted by atomic mass is 9.84. The number of hydrogen-bond donors (Lipinski definition) is 3. The van der Waals surface area contributed by atoms with Crippen molar-refractivity contribution in [3.63, 3.8) is 0 Å². The summed E-state index contributed by atoms with van der Waals surface area (Å²) in [6.07, 6.45) is 14.9. The van der Waals surface area contributed by atoms with E-state index in [0.717, 1.165) is 44.2 Å². The zero-order chi connectivity index (χ0) is 19.8. The van der Waals surface area contributed by atoms with E-state index < -0.39 is 6.04 Å². The zero-order valence-electron chi connectivity index (χ0n) is 16.9. The number of hydrogen-bond acceptors (Lipinski definition) is 4. The monoisotopic (exact) mass is 389 g/mol. The van der Waals surface area contributed by atoms with Crippen LogP contribution in [0.15, 0.2) is 12.5 Å². The largest absolute Gasteiger partial charge is 0.354 e. The molecule has 2 amide bonds. The van der Waals surface area contributed by atoms with Gasteiger partial charge in [-0.05, 0) is 44.4 Å². The van der Waals surface area contributed by atoms with Gasteiger partial charge in [0.15, 0.2) is 0 Å². The molecule has 28 heavy (non-hydrogen) atoms. The Bertz CT molecular complexity index is 612. The number of nitrogens with zero attached hydrogens (tertiary/aromatic N) is 2. The minimum Gasteiger partial charge on any atom is -0.354 e. The second-order valence-corrected chi connectivity index (χ2v) is 8.36. The van der Waals surface area contributed by atoms with Gasteiger partial charge in [-0.15, -0.1) is 0 Å². The molecular formula is C21H35N5O2. The average Bonchev–Trinajstić information content (AvgIpc) is 3.39. The highest BCUT2D eigenvalue weighted by atomic mass is 16.2. The fourth-order valence-electron chi connectivity index (χ4n) is 4.59. The second kappa shape index (κ2) is 10.6. The predicted molar refractivity (Wildman–Crippen MR) is 108 cm³/mol. The molecule has 1 saturated carbocycles. The van der Waals surface area contributed by atoms with E-state index >= 15 is 0 Å². The number of rotatable bonds is 9. The summed E-state index contributed by atoms with van der Waals surface area (Å²) in [5.41, 5.74) is 7.36. The maximum absolute atomic E-state index is 12.9. The molecule has 2 atom stereocenters. The molecule has 1 aromatic heterocycles. The molecule has 1 aliphatic heterocycles. The molecule has 0 bridgehead atoms. The third-order valence-electron chi connectivity index (χ3n) is 6.19. The van der Waals surface area contributed by atoms with E-state index in [2.05, 4.69) is 15.3 Å². The number of likely N-dealkylation sites (tertiary alicyclic amines) is 1. The van der Waals surface area contributed by atoms with E-state index in [-0.39, 0.29) is 17.9 Å². The third-order valence-corrected chi connectivity index (χ3v) is 6.19. The summed E-state index contributed by atoms with van der Waals surface area (Å²) in [7, 11) is 0. The molecule has 0 radical (unpaired) electrons. The van der Waals surface area contributed by atoms with Crippen molar-refractivity contribution in [1.82, 2.24) is 20.2 Å². The maximum Gasteiger partial charge on any atom is 0.242 e. The summed E-state index contributed by atoms with van der Waals surface area (Å²) in [5, 5.41) is 3.01. The third kappa shape index (κ3) is 5.80. The molecule has 1 aromatic rings. The van der Waals surface area contributed by atoms with Gasteiger partial charge in [0.2, 0.25) is 11.8 Å². The lowest BCUT2D eigenvalue weighted by Gasteiger charge is -2.29. The molecule has 7 nitrogen and oxygen atoms in total. The van der Waals surface area contributed by atoms with Crippen LogP contribution in [0, 0.1) is 5.92 Å². The van der Waals surface area contributed by atoms with Crippen LogP contribution in [0.3, 0.4) is 0 Å². The zero-order valence-corrected chi connectivity index (χ0v) is 16.9. The lowest BCUT2D eigenvalue weighted by molar-refractivity contribution is -0.139. The molecule has 2 heterocycles. The van der Waals surface area contributed by atoms with Gasteiger partial charge in [0.05, 0.1) is 12.4 Å². The molecule has 0 unspecified atom stereocenters. The second-order valence-electron chi connectivity index (χ2n) is 8.36. The van der Waals surface area contributed by atoms with Crippen LogP contribution in [0.1, 0.15) is 69.9 Å². The van der Waals surface area contributed by atoms with Crippen molar-refractivity contribution in [2.45, 2.75) is 82.7 Å². The Morgan fingerprint density at radius 1 is 1.21 bits per heavy atom. The Labute approximate surface area is 167 Å². The molecule has 0 aromatic carbocycles. The normalized spacial score (nSPS) is 21.6. The van der Waals surface area contributed by atoms with Gasteiger partial charge in [0.25, 0.3) is 0 Å². The van der Waals surface area contributed by atoms with Crippen molar-refractivity contribution >= 4 is 11.8 Å². The molecule has 1 saturated heterocycles. The molecule has 7 heteroatoms. The number of nitrogens with two attached hydrogens (primary N) is 1. The van der Waals surface area contributed by atoms with Crippen molar-refractivity contribution in [1.29, 1.82) is 0 Å². The minimum atomic E-state index is -0.467. The van der Waals surface area contributed by atoms with E-state index in [9.17, 15) is 9.59 Å². The van der Waals surface area contributed by atoms with E-state index in [0.29, 0.717) is 19.0 Å². The van der Waals surface area contributed by atoms with Gasteiger partial charge in [-0.25, -0.2) is 4.98 Å². The molecule has 4 N–H and O–H groups in total. The van der Waals surface area contributed by atoms with E-state index in [1.807, 2.05) is 6.20 Å². The fourth-order valence-corrected chi connectivity index (χ4v) is 4.59. The molecule has 0 spiro atoms. The number of carbonyl (C=O) groups is 2. The van der Waals surface area contributed by atoms with Crippen molar-refractivity contribution in [3.05, 3.63) is 18.2 Å². The Balaban J connectivity index is 1.39. The quantitative estimate of drug-likeness (QED) is 0.563. The highest BCUT2D eigenvalue weighted by molar-refractivity contribution is 5.90. The van der Waals surface area contributed by atoms with Crippen LogP contribution in [0.2, 0.25) is 0 Å². The van der Waals surface area contributed by atoms with Gasteiger partial charge in [-0.2, -0.15) is 0 Å². The van der Waals surface area contributed by atoms with Crippen LogP contribution in [0.4, 0.5) is 0 Å². The van der Waals surface area contributed by atoms with Crippen molar-refractivity contribution < 1.29 is 9.59 Å². The summed E-state index contributed by atoms with van der Waals surface area (Å²) in [6.45, 7) is 1.29. The van der Waals surface area contributed by atoms with Crippen molar-refractivity contribution in [2.24, 2.45) is 11.7 Å². The summed E-state index contributed by atoms with van der Waals surface area (Å²) in [6, 6.07) is -0.816. The van der Waals surface area contributed by atoms with Crippen LogP contribution in [-0.2, 0) is 16.0 Å². The van der Waals surface area contributed by atoms with Gasteiger partial charge in [-0.3, -0.25) is 9.59 Å². The first kappa shape index (κ1) is 20.8. The number of aryl methyl sites for hydroxylation is 1. The van der Waals surface area contributed by atoms with E-state index in [1.165, 1.54) is 32.1 Å². The van der Waals surface area contributed by atoms with Crippen molar-refractivity contribution in [3.8, 4) is 0 Å². The van der Waals surface area contributed by atoms with E-state index in [4.69, 9.17) is 5.73 Å².